The van der Waals surface area contributed by atoms with E-state index in [9.17, 15) is 4.79 Å². The Labute approximate surface area is 114 Å². The fraction of sp³-hybridized carbons (Fsp3) is 0.471. The van der Waals surface area contributed by atoms with Gasteiger partial charge in [-0.15, -0.1) is 0 Å². The molecule has 19 heavy (non-hydrogen) atoms. The molecule has 100 valence electrons. The van der Waals surface area contributed by atoms with Crippen LogP contribution in [0.25, 0.3) is 0 Å². The lowest BCUT2D eigenvalue weighted by Crippen LogP contribution is -2.35. The predicted octanol–water partition coefficient (Wildman–Crippen LogP) is 3.54. The summed E-state index contributed by atoms with van der Waals surface area (Å²) in [5, 5.41) is 3.27. The van der Waals surface area contributed by atoms with Crippen LogP contribution < -0.4 is 5.32 Å². The molecule has 1 N–H and O–H groups in total. The topological polar surface area (TPSA) is 29.1 Å². The number of aryl methyl sites for hydroxylation is 1. The molecule has 0 aliphatic heterocycles. The van der Waals surface area contributed by atoms with Gasteiger partial charge in [-0.2, -0.15) is 0 Å². The Morgan fingerprint density at radius 1 is 1.16 bits per heavy atom. The van der Waals surface area contributed by atoms with Gasteiger partial charge < -0.3 is 5.32 Å². The SMILES string of the molecule is O=C(N[C@@H]1CCCc2ccccc21)[C@H]1CC=CCC1. The van der Waals surface area contributed by atoms with E-state index in [1.165, 1.54) is 17.5 Å². The Balaban J connectivity index is 1.70. The van der Waals surface area contributed by atoms with E-state index in [-0.39, 0.29) is 17.9 Å². The summed E-state index contributed by atoms with van der Waals surface area (Å²) in [7, 11) is 0. The number of hydrogen-bond acceptors (Lipinski definition) is 1. The lowest BCUT2D eigenvalue weighted by atomic mass is 9.86. The van der Waals surface area contributed by atoms with Crippen LogP contribution >= 0.6 is 0 Å². The second-order valence-corrected chi connectivity index (χ2v) is 5.63. The van der Waals surface area contributed by atoms with Crippen molar-refractivity contribution < 1.29 is 4.79 Å². The highest BCUT2D eigenvalue weighted by Gasteiger charge is 2.25. The van der Waals surface area contributed by atoms with Crippen molar-refractivity contribution in [2.75, 3.05) is 0 Å². The van der Waals surface area contributed by atoms with Crippen molar-refractivity contribution in [3.05, 3.63) is 47.5 Å². The van der Waals surface area contributed by atoms with Crippen LogP contribution in [0.2, 0.25) is 0 Å². The van der Waals surface area contributed by atoms with E-state index in [1.54, 1.807) is 0 Å². The van der Waals surface area contributed by atoms with Crippen molar-refractivity contribution in [1.29, 1.82) is 0 Å². The van der Waals surface area contributed by atoms with Crippen LogP contribution in [0.1, 0.15) is 49.3 Å². The number of benzene rings is 1. The summed E-state index contributed by atoms with van der Waals surface area (Å²) in [6.45, 7) is 0. The van der Waals surface area contributed by atoms with Gasteiger partial charge in [0.25, 0.3) is 0 Å². The maximum Gasteiger partial charge on any atom is 0.223 e. The zero-order chi connectivity index (χ0) is 13.1. The predicted molar refractivity (Wildman–Crippen MR) is 76.7 cm³/mol. The molecule has 0 bridgehead atoms. The minimum atomic E-state index is 0.180. The molecule has 2 heteroatoms. The first-order valence-electron chi connectivity index (χ1n) is 7.38. The van der Waals surface area contributed by atoms with Gasteiger partial charge >= 0.3 is 0 Å². The Kier molecular flexibility index (Phi) is 3.67. The van der Waals surface area contributed by atoms with Crippen molar-refractivity contribution in [2.24, 2.45) is 5.92 Å². The van der Waals surface area contributed by atoms with Crippen LogP contribution in [0.4, 0.5) is 0 Å². The summed E-state index contributed by atoms with van der Waals surface area (Å²) in [5.41, 5.74) is 2.73. The van der Waals surface area contributed by atoms with Gasteiger partial charge in [0.2, 0.25) is 5.91 Å². The molecule has 2 aliphatic rings. The molecule has 2 nitrogen and oxygen atoms in total. The molecule has 0 saturated heterocycles. The lowest BCUT2D eigenvalue weighted by Gasteiger charge is -2.28. The number of carbonyl (C=O) groups excluding carboxylic acids is 1. The fourth-order valence-electron chi connectivity index (χ4n) is 3.23. The van der Waals surface area contributed by atoms with E-state index in [2.05, 4.69) is 41.7 Å². The summed E-state index contributed by atoms with van der Waals surface area (Å²) in [4.78, 5) is 12.3. The molecule has 0 saturated carbocycles. The van der Waals surface area contributed by atoms with E-state index in [0.29, 0.717) is 0 Å². The molecule has 0 radical (unpaired) electrons. The molecule has 0 fully saturated rings. The molecular formula is C17H21NO. The first kappa shape index (κ1) is 12.5. The molecule has 1 aromatic carbocycles. The van der Waals surface area contributed by atoms with E-state index in [0.717, 1.165) is 32.1 Å². The van der Waals surface area contributed by atoms with Gasteiger partial charge in [-0.05, 0) is 49.7 Å². The van der Waals surface area contributed by atoms with Gasteiger partial charge in [-0.1, -0.05) is 36.4 Å². The Morgan fingerprint density at radius 3 is 2.89 bits per heavy atom. The fourth-order valence-corrected chi connectivity index (χ4v) is 3.23. The average molecular weight is 255 g/mol. The minimum Gasteiger partial charge on any atom is -0.349 e. The van der Waals surface area contributed by atoms with E-state index >= 15 is 0 Å². The van der Waals surface area contributed by atoms with Gasteiger partial charge in [-0.25, -0.2) is 0 Å². The number of nitrogens with one attached hydrogen (secondary N) is 1. The zero-order valence-corrected chi connectivity index (χ0v) is 11.3. The third kappa shape index (κ3) is 2.73. The van der Waals surface area contributed by atoms with Crippen molar-refractivity contribution >= 4 is 5.91 Å². The standard InChI is InChI=1S/C17H21NO/c19-17(14-8-2-1-3-9-14)18-16-12-6-10-13-7-4-5-11-15(13)16/h1-2,4-5,7,11,14,16H,3,6,8-10,12H2,(H,18,19)/t14-,16+/m0/s1. The van der Waals surface area contributed by atoms with Gasteiger partial charge in [0.15, 0.2) is 0 Å². The molecule has 0 spiro atoms. The second kappa shape index (κ2) is 5.60. The second-order valence-electron chi connectivity index (χ2n) is 5.63. The summed E-state index contributed by atoms with van der Waals surface area (Å²) in [6, 6.07) is 8.75. The van der Waals surface area contributed by atoms with Crippen molar-refractivity contribution in [2.45, 2.75) is 44.6 Å². The lowest BCUT2D eigenvalue weighted by molar-refractivity contribution is -0.126. The quantitative estimate of drug-likeness (QED) is 0.805. The first-order valence-corrected chi connectivity index (χ1v) is 7.38. The normalized spacial score (nSPS) is 25.7. The van der Waals surface area contributed by atoms with Gasteiger partial charge in [-0.3, -0.25) is 4.79 Å². The summed E-state index contributed by atoms with van der Waals surface area (Å²) >= 11 is 0. The van der Waals surface area contributed by atoms with Crippen LogP contribution in [0.5, 0.6) is 0 Å². The number of amides is 1. The third-order valence-electron chi connectivity index (χ3n) is 4.33. The molecule has 2 atom stereocenters. The molecule has 1 aromatic rings. The Morgan fingerprint density at radius 2 is 2.05 bits per heavy atom. The smallest absolute Gasteiger partial charge is 0.223 e. The van der Waals surface area contributed by atoms with Crippen molar-refractivity contribution in [1.82, 2.24) is 5.32 Å². The molecule has 0 unspecified atom stereocenters. The molecule has 0 aromatic heterocycles. The monoisotopic (exact) mass is 255 g/mol. The summed E-state index contributed by atoms with van der Waals surface area (Å²) in [5.74, 6) is 0.421. The van der Waals surface area contributed by atoms with Crippen LogP contribution in [0, 0.1) is 5.92 Å². The average Bonchev–Trinajstić information content (AvgIpc) is 2.48. The summed E-state index contributed by atoms with van der Waals surface area (Å²) in [6.07, 6.45) is 10.7. The van der Waals surface area contributed by atoms with Crippen LogP contribution in [-0.2, 0) is 11.2 Å². The highest BCUT2D eigenvalue weighted by atomic mass is 16.1. The minimum absolute atomic E-state index is 0.180. The van der Waals surface area contributed by atoms with Gasteiger partial charge in [0, 0.05) is 5.92 Å². The van der Waals surface area contributed by atoms with Crippen LogP contribution in [0.15, 0.2) is 36.4 Å². The first-order chi connectivity index (χ1) is 9.34. The molecule has 2 aliphatic carbocycles. The largest absolute Gasteiger partial charge is 0.349 e. The van der Waals surface area contributed by atoms with Crippen LogP contribution in [0.3, 0.4) is 0 Å². The Bertz CT molecular complexity index is 492. The molecular weight excluding hydrogens is 234 g/mol. The van der Waals surface area contributed by atoms with Crippen molar-refractivity contribution in [3.63, 3.8) is 0 Å². The number of rotatable bonds is 2. The van der Waals surface area contributed by atoms with Gasteiger partial charge in [0.1, 0.15) is 0 Å². The number of carbonyl (C=O) groups is 1. The maximum atomic E-state index is 12.3. The van der Waals surface area contributed by atoms with E-state index in [1.807, 2.05) is 0 Å². The zero-order valence-electron chi connectivity index (χ0n) is 11.3. The maximum absolute atomic E-state index is 12.3. The highest BCUT2D eigenvalue weighted by Crippen LogP contribution is 2.30. The van der Waals surface area contributed by atoms with E-state index < -0.39 is 0 Å². The number of fused-ring (bicyclic) bond motifs is 1. The third-order valence-corrected chi connectivity index (χ3v) is 4.33. The summed E-state index contributed by atoms with van der Waals surface area (Å²) < 4.78 is 0. The van der Waals surface area contributed by atoms with Crippen molar-refractivity contribution in [3.8, 4) is 0 Å². The number of hydrogen-bond donors (Lipinski definition) is 1. The highest BCUT2D eigenvalue weighted by molar-refractivity contribution is 5.79. The van der Waals surface area contributed by atoms with Gasteiger partial charge in [0.05, 0.1) is 6.04 Å². The van der Waals surface area contributed by atoms with E-state index in [4.69, 9.17) is 0 Å². The number of allylic oxidation sites excluding steroid dienone is 2. The van der Waals surface area contributed by atoms with Crippen LogP contribution in [-0.4, -0.2) is 5.91 Å². The molecule has 3 rings (SSSR count). The molecule has 1 amide bonds. The Hall–Kier alpha value is -1.57. The molecule has 0 heterocycles.